The molecule has 2 aromatic heterocycles. The van der Waals surface area contributed by atoms with Crippen molar-refractivity contribution in [2.24, 2.45) is 0 Å². The van der Waals surface area contributed by atoms with E-state index in [-0.39, 0.29) is 17.2 Å². The van der Waals surface area contributed by atoms with Crippen molar-refractivity contribution in [3.63, 3.8) is 0 Å². The highest BCUT2D eigenvalue weighted by Crippen LogP contribution is 2.39. The fourth-order valence-corrected chi connectivity index (χ4v) is 4.02. The zero-order valence-electron chi connectivity index (χ0n) is 16.6. The van der Waals surface area contributed by atoms with Crippen LogP contribution in [0, 0.1) is 0 Å². The molecule has 0 bridgehead atoms. The van der Waals surface area contributed by atoms with Gasteiger partial charge >= 0.3 is 0 Å². The number of hydrogen-bond donors (Lipinski definition) is 3. The van der Waals surface area contributed by atoms with Crippen LogP contribution in [0.5, 0.6) is 28.7 Å². The molecule has 154 valence electrons. The van der Waals surface area contributed by atoms with Crippen LogP contribution >= 0.6 is 0 Å². The number of ether oxygens (including phenoxy) is 1. The van der Waals surface area contributed by atoms with E-state index >= 15 is 0 Å². The van der Waals surface area contributed by atoms with E-state index in [1.807, 2.05) is 36.4 Å². The molecule has 0 unspecified atom stereocenters. The Morgan fingerprint density at radius 3 is 1.78 bits per heavy atom. The van der Waals surface area contributed by atoms with Crippen molar-refractivity contribution < 1.29 is 20.1 Å². The Labute approximate surface area is 181 Å². The molecule has 0 saturated heterocycles. The van der Waals surface area contributed by atoms with Gasteiger partial charge in [0, 0.05) is 21.5 Å². The maximum atomic E-state index is 10.4. The van der Waals surface area contributed by atoms with Gasteiger partial charge in [0.25, 0.3) is 0 Å². The van der Waals surface area contributed by atoms with Gasteiger partial charge in [-0.05, 0) is 42.5 Å². The summed E-state index contributed by atoms with van der Waals surface area (Å²) < 4.78 is 6.27. The topological polar surface area (TPSA) is 95.7 Å². The minimum atomic E-state index is -0.00976. The molecular weight excluding hydrogens is 404 g/mol. The summed E-state index contributed by atoms with van der Waals surface area (Å²) in [6, 6.07) is 23.0. The Hall–Kier alpha value is -4.58. The van der Waals surface area contributed by atoms with E-state index in [1.54, 1.807) is 36.4 Å². The van der Waals surface area contributed by atoms with Crippen LogP contribution in [0.2, 0.25) is 0 Å². The number of benzene rings is 4. The van der Waals surface area contributed by atoms with Gasteiger partial charge in [-0.3, -0.25) is 0 Å². The lowest BCUT2D eigenvalue weighted by Gasteiger charge is -2.13. The highest BCUT2D eigenvalue weighted by Gasteiger charge is 2.14. The van der Waals surface area contributed by atoms with Gasteiger partial charge in [-0.15, -0.1) is 0 Å². The first-order valence-electron chi connectivity index (χ1n) is 10.0. The number of rotatable bonds is 2. The third-order valence-electron chi connectivity index (χ3n) is 5.56. The molecule has 6 aromatic rings. The van der Waals surface area contributed by atoms with E-state index in [9.17, 15) is 15.3 Å². The molecule has 6 heteroatoms. The lowest BCUT2D eigenvalue weighted by Crippen LogP contribution is -1.92. The molecule has 6 rings (SSSR count). The Morgan fingerprint density at radius 1 is 0.500 bits per heavy atom. The maximum Gasteiger partial charge on any atom is 0.153 e. The predicted molar refractivity (Wildman–Crippen MR) is 124 cm³/mol. The molecule has 0 atom stereocenters. The monoisotopic (exact) mass is 420 g/mol. The third kappa shape index (κ3) is 2.74. The first-order valence-corrected chi connectivity index (χ1v) is 10.0. The van der Waals surface area contributed by atoms with Gasteiger partial charge in [0.05, 0.1) is 0 Å². The van der Waals surface area contributed by atoms with Crippen molar-refractivity contribution in [1.82, 2.24) is 9.97 Å². The quantitative estimate of drug-likeness (QED) is 0.297. The van der Waals surface area contributed by atoms with Gasteiger partial charge < -0.3 is 20.1 Å². The molecule has 3 N–H and O–H groups in total. The average Bonchev–Trinajstić information content (AvgIpc) is 2.80. The van der Waals surface area contributed by atoms with Crippen LogP contribution in [0.15, 0.2) is 78.9 Å². The largest absolute Gasteiger partial charge is 0.506 e. The summed E-state index contributed by atoms with van der Waals surface area (Å²) in [4.78, 5) is 9.12. The van der Waals surface area contributed by atoms with Gasteiger partial charge in [0.2, 0.25) is 0 Å². The number of aromatic nitrogens is 2. The third-order valence-corrected chi connectivity index (χ3v) is 5.56. The first-order chi connectivity index (χ1) is 15.6. The van der Waals surface area contributed by atoms with Crippen LogP contribution in [-0.2, 0) is 0 Å². The van der Waals surface area contributed by atoms with E-state index in [2.05, 4.69) is 9.97 Å². The number of fused-ring (bicyclic) bond motifs is 4. The summed E-state index contributed by atoms with van der Waals surface area (Å²) in [5.41, 5.74) is 1.83. The van der Waals surface area contributed by atoms with E-state index in [1.165, 1.54) is 6.07 Å². The Balaban J connectivity index is 1.58. The minimum absolute atomic E-state index is 0.00976. The smallest absolute Gasteiger partial charge is 0.153 e. The molecule has 0 aliphatic heterocycles. The zero-order chi connectivity index (χ0) is 21.8. The predicted octanol–water partition coefficient (Wildman–Crippen LogP) is 6.00. The van der Waals surface area contributed by atoms with Crippen LogP contribution in [0.1, 0.15) is 0 Å². The summed E-state index contributed by atoms with van der Waals surface area (Å²) >= 11 is 0. The summed E-state index contributed by atoms with van der Waals surface area (Å²) in [6.07, 6.45) is 0. The van der Waals surface area contributed by atoms with E-state index < -0.39 is 0 Å². The molecule has 0 saturated carbocycles. The summed E-state index contributed by atoms with van der Waals surface area (Å²) in [6.45, 7) is 0. The second kappa shape index (κ2) is 6.72. The SMILES string of the molecule is Oc1cccc2cc3cccc(Oc4ccc(O)c5nc6c(O)cccc6cc45)c3nc12. The highest BCUT2D eigenvalue weighted by atomic mass is 16.5. The number of hydrogen-bond acceptors (Lipinski definition) is 6. The van der Waals surface area contributed by atoms with Gasteiger partial charge in [0.1, 0.15) is 45.1 Å². The number of phenols is 3. The van der Waals surface area contributed by atoms with E-state index in [0.717, 1.165) is 16.2 Å². The van der Waals surface area contributed by atoms with Crippen molar-refractivity contribution in [2.45, 2.75) is 0 Å². The molecule has 6 nitrogen and oxygen atoms in total. The van der Waals surface area contributed by atoms with Crippen molar-refractivity contribution in [1.29, 1.82) is 0 Å². The Bertz CT molecular complexity index is 1700. The lowest BCUT2D eigenvalue weighted by atomic mass is 10.1. The molecule has 32 heavy (non-hydrogen) atoms. The molecule has 0 aliphatic rings. The Kier molecular flexibility index (Phi) is 3.82. The van der Waals surface area contributed by atoms with Crippen molar-refractivity contribution in [3.05, 3.63) is 78.9 Å². The number of pyridine rings is 2. The molecule has 0 fully saturated rings. The number of para-hydroxylation sites is 3. The standard InChI is InChI=1S/C26H16N2O4/c29-18-7-1-4-14-12-15-6-3-9-22(25(15)27-23(14)18)32-21-11-10-20(31)26-17(21)13-16-5-2-8-19(30)24(16)28-26/h1-13,29-31H. The maximum absolute atomic E-state index is 10.4. The van der Waals surface area contributed by atoms with E-state index in [4.69, 9.17) is 4.74 Å². The van der Waals surface area contributed by atoms with Crippen LogP contribution in [0.25, 0.3) is 43.6 Å². The van der Waals surface area contributed by atoms with Gasteiger partial charge in [-0.2, -0.15) is 0 Å². The van der Waals surface area contributed by atoms with Gasteiger partial charge in [0.15, 0.2) is 5.75 Å². The summed E-state index contributed by atoms with van der Waals surface area (Å²) in [5, 5.41) is 33.8. The van der Waals surface area contributed by atoms with Crippen LogP contribution in [0.4, 0.5) is 0 Å². The second-order valence-electron chi connectivity index (χ2n) is 7.58. The molecule has 0 amide bonds. The fourth-order valence-electron chi connectivity index (χ4n) is 4.02. The van der Waals surface area contributed by atoms with Gasteiger partial charge in [-0.1, -0.05) is 36.4 Å². The molecule has 0 radical (unpaired) electrons. The minimum Gasteiger partial charge on any atom is -0.506 e. The van der Waals surface area contributed by atoms with E-state index in [0.29, 0.717) is 39.0 Å². The van der Waals surface area contributed by atoms with Gasteiger partial charge in [-0.25, -0.2) is 9.97 Å². The number of nitrogens with zero attached hydrogens (tertiary/aromatic N) is 2. The van der Waals surface area contributed by atoms with Crippen molar-refractivity contribution >= 4 is 43.6 Å². The molecule has 0 spiro atoms. The van der Waals surface area contributed by atoms with Crippen LogP contribution in [-0.4, -0.2) is 25.3 Å². The van der Waals surface area contributed by atoms with Crippen LogP contribution < -0.4 is 4.74 Å². The number of aromatic hydroxyl groups is 3. The average molecular weight is 420 g/mol. The molecule has 4 aromatic carbocycles. The second-order valence-corrected chi connectivity index (χ2v) is 7.58. The molecule has 0 aliphatic carbocycles. The first kappa shape index (κ1) is 18.2. The molecular formula is C26H16N2O4. The number of phenolic OH excluding ortho intramolecular Hbond substituents is 3. The summed E-state index contributed by atoms with van der Waals surface area (Å²) in [5.74, 6) is 1.13. The Morgan fingerprint density at radius 2 is 1.06 bits per heavy atom. The zero-order valence-corrected chi connectivity index (χ0v) is 16.6. The van der Waals surface area contributed by atoms with Crippen molar-refractivity contribution in [2.75, 3.05) is 0 Å². The molecule has 2 heterocycles. The normalized spacial score (nSPS) is 11.5. The summed E-state index contributed by atoms with van der Waals surface area (Å²) in [7, 11) is 0. The van der Waals surface area contributed by atoms with Crippen LogP contribution in [0.3, 0.4) is 0 Å². The van der Waals surface area contributed by atoms with Crippen molar-refractivity contribution in [3.8, 4) is 28.7 Å². The lowest BCUT2D eigenvalue weighted by molar-refractivity contribution is 0.472. The highest BCUT2D eigenvalue weighted by molar-refractivity contribution is 6.01. The fraction of sp³-hybridized carbons (Fsp3) is 0.